The predicted molar refractivity (Wildman–Crippen MR) is 70.5 cm³/mol. The minimum atomic E-state index is -0.581. The number of hydrogen-bond donors (Lipinski definition) is 3. The Hall–Kier alpha value is -1.10. The van der Waals surface area contributed by atoms with Crippen molar-refractivity contribution in [3.8, 4) is 0 Å². The van der Waals surface area contributed by atoms with Gasteiger partial charge >= 0.3 is 0 Å². The van der Waals surface area contributed by atoms with Crippen LogP contribution in [0.15, 0.2) is 0 Å². The zero-order chi connectivity index (χ0) is 13.9. The second-order valence-corrected chi connectivity index (χ2v) is 6.17. The highest BCUT2D eigenvalue weighted by molar-refractivity contribution is 5.81. The van der Waals surface area contributed by atoms with Gasteiger partial charge in [0.25, 0.3) is 0 Å². The van der Waals surface area contributed by atoms with E-state index >= 15 is 0 Å². The average Bonchev–Trinajstić information content (AvgIpc) is 2.13. The maximum Gasteiger partial charge on any atom is 0.223 e. The van der Waals surface area contributed by atoms with E-state index in [9.17, 15) is 9.59 Å². The maximum atomic E-state index is 12.2. The van der Waals surface area contributed by atoms with E-state index in [-0.39, 0.29) is 30.2 Å². The van der Waals surface area contributed by atoms with E-state index in [1.54, 1.807) is 0 Å². The number of primary amides is 1. The standard InChI is InChI=1S/C13H25N3O2/c1-8-6-9(14)4-5-10(8)12(18)16-13(2,3)7-11(15)17/h8-10H,4-7,14H2,1-3H3,(H2,15,17)(H,16,18). The molecule has 3 unspecified atom stereocenters. The molecule has 0 heterocycles. The van der Waals surface area contributed by atoms with Crippen molar-refractivity contribution in [2.75, 3.05) is 0 Å². The summed E-state index contributed by atoms with van der Waals surface area (Å²) >= 11 is 0. The summed E-state index contributed by atoms with van der Waals surface area (Å²) in [5, 5.41) is 2.92. The Morgan fingerprint density at radius 2 is 1.94 bits per heavy atom. The van der Waals surface area contributed by atoms with E-state index in [1.165, 1.54) is 0 Å². The number of nitrogens with one attached hydrogen (secondary N) is 1. The van der Waals surface area contributed by atoms with Gasteiger partial charge in [-0.1, -0.05) is 6.92 Å². The number of carbonyl (C=O) groups excluding carboxylic acids is 2. The van der Waals surface area contributed by atoms with Crippen LogP contribution in [0.25, 0.3) is 0 Å². The summed E-state index contributed by atoms with van der Waals surface area (Å²) in [7, 11) is 0. The minimum Gasteiger partial charge on any atom is -0.370 e. The summed E-state index contributed by atoms with van der Waals surface area (Å²) in [5.41, 5.74) is 10.5. The molecule has 5 N–H and O–H groups in total. The van der Waals surface area contributed by atoms with Crippen molar-refractivity contribution in [1.82, 2.24) is 5.32 Å². The van der Waals surface area contributed by atoms with E-state index in [1.807, 2.05) is 13.8 Å². The molecule has 0 aromatic rings. The lowest BCUT2D eigenvalue weighted by Gasteiger charge is -2.34. The molecular weight excluding hydrogens is 230 g/mol. The van der Waals surface area contributed by atoms with E-state index in [0.717, 1.165) is 19.3 Å². The molecule has 0 radical (unpaired) electrons. The van der Waals surface area contributed by atoms with Crippen molar-refractivity contribution in [2.45, 2.75) is 58.0 Å². The first kappa shape index (κ1) is 15.0. The van der Waals surface area contributed by atoms with Gasteiger partial charge in [0.15, 0.2) is 0 Å². The number of amides is 2. The summed E-state index contributed by atoms with van der Waals surface area (Å²) in [6.07, 6.45) is 2.74. The molecule has 1 aliphatic carbocycles. The van der Waals surface area contributed by atoms with Gasteiger partial charge in [0.2, 0.25) is 11.8 Å². The van der Waals surface area contributed by atoms with Crippen LogP contribution in [-0.4, -0.2) is 23.4 Å². The second kappa shape index (κ2) is 5.69. The molecule has 0 aliphatic heterocycles. The smallest absolute Gasteiger partial charge is 0.223 e. The van der Waals surface area contributed by atoms with Crippen molar-refractivity contribution in [3.63, 3.8) is 0 Å². The molecule has 1 rings (SSSR count). The predicted octanol–water partition coefficient (Wildman–Crippen LogP) is 0.520. The van der Waals surface area contributed by atoms with Crippen molar-refractivity contribution in [2.24, 2.45) is 23.3 Å². The molecule has 1 fully saturated rings. The minimum absolute atomic E-state index is 0.00282. The Balaban J connectivity index is 2.57. The average molecular weight is 255 g/mol. The molecule has 0 bridgehead atoms. The first-order chi connectivity index (χ1) is 8.21. The van der Waals surface area contributed by atoms with Gasteiger partial charge in [-0.2, -0.15) is 0 Å². The van der Waals surface area contributed by atoms with Crippen molar-refractivity contribution < 1.29 is 9.59 Å². The van der Waals surface area contributed by atoms with E-state index in [4.69, 9.17) is 11.5 Å². The molecule has 0 aromatic carbocycles. The maximum absolute atomic E-state index is 12.2. The lowest BCUT2D eigenvalue weighted by Crippen LogP contribution is -2.50. The Morgan fingerprint density at radius 3 is 2.44 bits per heavy atom. The summed E-state index contributed by atoms with van der Waals surface area (Å²) < 4.78 is 0. The molecule has 1 saturated carbocycles. The molecule has 5 heteroatoms. The third-order valence-electron chi connectivity index (χ3n) is 3.62. The Kier molecular flexibility index (Phi) is 4.73. The van der Waals surface area contributed by atoms with Gasteiger partial charge in [-0.15, -0.1) is 0 Å². The van der Waals surface area contributed by atoms with Crippen LogP contribution >= 0.6 is 0 Å². The van der Waals surface area contributed by atoms with Gasteiger partial charge < -0.3 is 16.8 Å². The second-order valence-electron chi connectivity index (χ2n) is 6.17. The molecule has 0 aromatic heterocycles. The lowest BCUT2D eigenvalue weighted by molar-refractivity contribution is -0.129. The molecule has 0 saturated heterocycles. The molecular formula is C13H25N3O2. The van der Waals surface area contributed by atoms with Gasteiger partial charge in [0.05, 0.1) is 0 Å². The summed E-state index contributed by atoms with van der Waals surface area (Å²) in [6, 6.07) is 0.211. The highest BCUT2D eigenvalue weighted by Gasteiger charge is 2.33. The van der Waals surface area contributed by atoms with Crippen LogP contribution in [0.2, 0.25) is 0 Å². The van der Waals surface area contributed by atoms with Gasteiger partial charge in [-0.25, -0.2) is 0 Å². The summed E-state index contributed by atoms with van der Waals surface area (Å²) in [6.45, 7) is 5.69. The zero-order valence-electron chi connectivity index (χ0n) is 11.5. The van der Waals surface area contributed by atoms with Gasteiger partial charge in [-0.3, -0.25) is 9.59 Å². The number of carbonyl (C=O) groups is 2. The fourth-order valence-corrected chi connectivity index (χ4v) is 2.73. The van der Waals surface area contributed by atoms with Crippen LogP contribution in [0.5, 0.6) is 0 Å². The fourth-order valence-electron chi connectivity index (χ4n) is 2.73. The van der Waals surface area contributed by atoms with Gasteiger partial charge in [0, 0.05) is 23.9 Å². The van der Waals surface area contributed by atoms with Crippen LogP contribution in [0.1, 0.15) is 46.5 Å². The topological polar surface area (TPSA) is 98.2 Å². The Morgan fingerprint density at radius 1 is 1.33 bits per heavy atom. The van der Waals surface area contributed by atoms with Crippen molar-refractivity contribution in [1.29, 1.82) is 0 Å². The third-order valence-corrected chi connectivity index (χ3v) is 3.62. The van der Waals surface area contributed by atoms with Crippen LogP contribution in [0, 0.1) is 11.8 Å². The van der Waals surface area contributed by atoms with Crippen LogP contribution in [0.3, 0.4) is 0 Å². The van der Waals surface area contributed by atoms with Crippen LogP contribution in [-0.2, 0) is 9.59 Å². The molecule has 3 atom stereocenters. The SMILES string of the molecule is CC1CC(N)CCC1C(=O)NC(C)(C)CC(N)=O. The van der Waals surface area contributed by atoms with Gasteiger partial charge in [-0.05, 0) is 39.0 Å². The normalized spacial score (nSPS) is 28.8. The van der Waals surface area contributed by atoms with E-state index in [2.05, 4.69) is 12.2 Å². The quantitative estimate of drug-likeness (QED) is 0.683. The number of hydrogen-bond acceptors (Lipinski definition) is 3. The molecule has 0 spiro atoms. The van der Waals surface area contributed by atoms with Crippen LogP contribution in [0.4, 0.5) is 0 Å². The Labute approximate surface area is 109 Å². The lowest BCUT2D eigenvalue weighted by atomic mass is 9.77. The largest absolute Gasteiger partial charge is 0.370 e. The van der Waals surface area contributed by atoms with Crippen molar-refractivity contribution >= 4 is 11.8 Å². The van der Waals surface area contributed by atoms with E-state index in [0.29, 0.717) is 0 Å². The molecule has 1 aliphatic rings. The first-order valence-corrected chi connectivity index (χ1v) is 6.57. The van der Waals surface area contributed by atoms with Crippen molar-refractivity contribution in [3.05, 3.63) is 0 Å². The van der Waals surface area contributed by atoms with Crippen LogP contribution < -0.4 is 16.8 Å². The first-order valence-electron chi connectivity index (χ1n) is 6.57. The third kappa shape index (κ3) is 4.29. The Bertz CT molecular complexity index is 328. The molecule has 18 heavy (non-hydrogen) atoms. The monoisotopic (exact) mass is 255 g/mol. The zero-order valence-corrected chi connectivity index (χ0v) is 11.5. The molecule has 104 valence electrons. The van der Waals surface area contributed by atoms with Gasteiger partial charge in [0.1, 0.15) is 0 Å². The number of nitrogens with two attached hydrogens (primary N) is 2. The van der Waals surface area contributed by atoms with E-state index < -0.39 is 11.4 Å². The molecule has 5 nitrogen and oxygen atoms in total. The number of rotatable bonds is 4. The highest BCUT2D eigenvalue weighted by atomic mass is 16.2. The fraction of sp³-hybridized carbons (Fsp3) is 0.846. The highest BCUT2D eigenvalue weighted by Crippen LogP contribution is 2.29. The summed E-state index contributed by atoms with van der Waals surface area (Å²) in [5.74, 6) is -0.102. The summed E-state index contributed by atoms with van der Waals surface area (Å²) in [4.78, 5) is 23.1. The molecule has 2 amide bonds.